The van der Waals surface area contributed by atoms with Crippen molar-refractivity contribution in [2.75, 3.05) is 11.0 Å². The Morgan fingerprint density at radius 3 is 2.28 bits per heavy atom. The zero-order chi connectivity index (χ0) is 22.9. The Kier molecular flexibility index (Phi) is 5.68. The molecule has 0 aliphatic carbocycles. The van der Waals surface area contributed by atoms with E-state index in [1.165, 1.54) is 10.6 Å². The molecule has 3 N–H and O–H groups in total. The Labute approximate surface area is 184 Å². The summed E-state index contributed by atoms with van der Waals surface area (Å²) in [6, 6.07) is 20.7. The first-order valence-corrected chi connectivity index (χ1v) is 11.8. The first kappa shape index (κ1) is 21.5. The third kappa shape index (κ3) is 4.34. The summed E-state index contributed by atoms with van der Waals surface area (Å²) in [5.41, 5.74) is 7.58. The molecular weight excluding hydrogens is 428 g/mol. The molecule has 0 saturated carbocycles. The van der Waals surface area contributed by atoms with Crippen molar-refractivity contribution >= 4 is 26.6 Å². The Hall–Kier alpha value is -3.69. The van der Waals surface area contributed by atoms with Crippen molar-refractivity contribution in [1.29, 1.82) is 0 Å². The van der Waals surface area contributed by atoms with Crippen LogP contribution in [0.25, 0.3) is 16.6 Å². The van der Waals surface area contributed by atoms with Gasteiger partial charge in [0.1, 0.15) is 0 Å². The maximum absolute atomic E-state index is 13.5. The van der Waals surface area contributed by atoms with E-state index in [2.05, 4.69) is 4.72 Å². The number of rotatable bonds is 6. The number of fused-ring (bicyclic) bond motifs is 1. The lowest BCUT2D eigenvalue weighted by Crippen LogP contribution is -2.39. The molecule has 0 radical (unpaired) electrons. The lowest BCUT2D eigenvalue weighted by Gasteiger charge is -2.15. The van der Waals surface area contributed by atoms with E-state index in [0.29, 0.717) is 17.4 Å². The lowest BCUT2D eigenvalue weighted by atomic mass is 10.1. The third-order valence-electron chi connectivity index (χ3n) is 5.06. The van der Waals surface area contributed by atoms with Crippen LogP contribution in [0.15, 0.2) is 82.4 Å². The topological polar surface area (TPSA) is 116 Å². The Balaban J connectivity index is 1.92. The van der Waals surface area contributed by atoms with Gasteiger partial charge in [0, 0.05) is 6.54 Å². The van der Waals surface area contributed by atoms with Gasteiger partial charge in [-0.25, -0.2) is 17.8 Å². The minimum absolute atomic E-state index is 0.256. The molecule has 164 valence electrons. The number of hydrogen-bond donors (Lipinski definition) is 2. The minimum Gasteiger partial charge on any atom is -0.326 e. The molecule has 0 bridgehead atoms. The molecule has 4 aromatic rings. The smallest absolute Gasteiger partial charge is 0.326 e. The first-order valence-electron chi connectivity index (χ1n) is 9.87. The summed E-state index contributed by atoms with van der Waals surface area (Å²) in [7, 11) is -3.52. The van der Waals surface area contributed by atoms with Gasteiger partial charge in [0.15, 0.2) is 0 Å². The van der Waals surface area contributed by atoms with Crippen LogP contribution in [0.2, 0.25) is 0 Å². The van der Waals surface area contributed by atoms with Crippen LogP contribution in [0.5, 0.6) is 0 Å². The largest absolute Gasteiger partial charge is 0.336 e. The Morgan fingerprint density at radius 1 is 0.906 bits per heavy atom. The third-order valence-corrected chi connectivity index (χ3v) is 5.66. The van der Waals surface area contributed by atoms with Crippen LogP contribution in [0.4, 0.5) is 5.69 Å². The van der Waals surface area contributed by atoms with Crippen LogP contribution in [0.3, 0.4) is 0 Å². The van der Waals surface area contributed by atoms with Crippen LogP contribution in [-0.4, -0.2) is 23.8 Å². The average molecular weight is 451 g/mol. The van der Waals surface area contributed by atoms with E-state index >= 15 is 0 Å². The van der Waals surface area contributed by atoms with E-state index in [-0.39, 0.29) is 17.9 Å². The lowest BCUT2D eigenvalue weighted by molar-refractivity contribution is 0.607. The van der Waals surface area contributed by atoms with Gasteiger partial charge in [-0.3, -0.25) is 14.1 Å². The van der Waals surface area contributed by atoms with Gasteiger partial charge in [0.2, 0.25) is 10.0 Å². The molecule has 0 amide bonds. The van der Waals surface area contributed by atoms with Crippen LogP contribution >= 0.6 is 0 Å². The molecule has 0 aliphatic rings. The fourth-order valence-corrected chi connectivity index (χ4v) is 4.14. The molecule has 8 nitrogen and oxygen atoms in total. The normalized spacial score (nSPS) is 11.6. The highest BCUT2D eigenvalue weighted by atomic mass is 32.2. The molecule has 9 heteroatoms. The van der Waals surface area contributed by atoms with Gasteiger partial charge < -0.3 is 5.73 Å². The van der Waals surface area contributed by atoms with Crippen molar-refractivity contribution < 1.29 is 8.42 Å². The number of nitrogens with zero attached hydrogens (tertiary/aromatic N) is 2. The highest BCUT2D eigenvalue weighted by Crippen LogP contribution is 2.16. The highest BCUT2D eigenvalue weighted by Gasteiger charge is 2.15. The summed E-state index contributed by atoms with van der Waals surface area (Å²) in [4.78, 5) is 26.7. The van der Waals surface area contributed by atoms with E-state index < -0.39 is 21.3 Å². The van der Waals surface area contributed by atoms with Crippen molar-refractivity contribution in [3.63, 3.8) is 0 Å². The number of aromatic nitrogens is 2. The molecule has 0 fully saturated rings. The summed E-state index contributed by atoms with van der Waals surface area (Å²) in [6.07, 6.45) is 1.03. The summed E-state index contributed by atoms with van der Waals surface area (Å²) < 4.78 is 28.2. The molecule has 0 saturated heterocycles. The highest BCUT2D eigenvalue weighted by molar-refractivity contribution is 7.92. The second kappa shape index (κ2) is 8.45. The quantitative estimate of drug-likeness (QED) is 0.466. The van der Waals surface area contributed by atoms with E-state index in [0.717, 1.165) is 21.9 Å². The van der Waals surface area contributed by atoms with E-state index in [4.69, 9.17) is 5.73 Å². The van der Waals surface area contributed by atoms with E-state index in [1.54, 1.807) is 42.5 Å². The zero-order valence-corrected chi connectivity index (χ0v) is 18.2. The van der Waals surface area contributed by atoms with Crippen LogP contribution in [0.1, 0.15) is 11.1 Å². The Morgan fingerprint density at radius 2 is 1.59 bits per heavy atom. The van der Waals surface area contributed by atoms with Crippen molar-refractivity contribution in [3.8, 4) is 5.69 Å². The maximum Gasteiger partial charge on any atom is 0.336 e. The molecule has 1 heterocycles. The van der Waals surface area contributed by atoms with Crippen molar-refractivity contribution in [2.24, 2.45) is 5.73 Å². The van der Waals surface area contributed by atoms with Crippen molar-refractivity contribution in [3.05, 3.63) is 105 Å². The summed E-state index contributed by atoms with van der Waals surface area (Å²) in [5.74, 6) is 0. The number of para-hydroxylation sites is 1. The van der Waals surface area contributed by atoms with Gasteiger partial charge in [-0.1, -0.05) is 42.5 Å². The predicted molar refractivity (Wildman–Crippen MR) is 126 cm³/mol. The molecule has 32 heavy (non-hydrogen) atoms. The van der Waals surface area contributed by atoms with Crippen LogP contribution < -0.4 is 21.7 Å². The predicted octanol–water partition coefficient (Wildman–Crippen LogP) is 2.03. The average Bonchev–Trinajstić information content (AvgIpc) is 2.76. The number of nitrogens with two attached hydrogens (primary N) is 1. The monoisotopic (exact) mass is 450 g/mol. The van der Waals surface area contributed by atoms with Crippen LogP contribution in [-0.2, 0) is 23.1 Å². The first-order chi connectivity index (χ1) is 15.3. The minimum atomic E-state index is -3.52. The SMILES string of the molecule is CS(=O)(=O)Nc1cccc(-n2c(=O)c3ccccc3n(Cc3ccc(CN)cc3)c2=O)c1. The van der Waals surface area contributed by atoms with E-state index in [9.17, 15) is 18.0 Å². The molecule has 0 atom stereocenters. The summed E-state index contributed by atoms with van der Waals surface area (Å²) in [6.45, 7) is 0.678. The van der Waals surface area contributed by atoms with Gasteiger partial charge >= 0.3 is 5.69 Å². The van der Waals surface area contributed by atoms with Gasteiger partial charge in [0.05, 0.1) is 35.1 Å². The van der Waals surface area contributed by atoms with Crippen molar-refractivity contribution in [1.82, 2.24) is 9.13 Å². The summed E-state index contributed by atoms with van der Waals surface area (Å²) >= 11 is 0. The number of hydrogen-bond acceptors (Lipinski definition) is 5. The number of nitrogens with one attached hydrogen (secondary N) is 1. The summed E-state index contributed by atoms with van der Waals surface area (Å²) in [5, 5.41) is 0.382. The van der Waals surface area contributed by atoms with Gasteiger partial charge in [-0.15, -0.1) is 0 Å². The van der Waals surface area contributed by atoms with Gasteiger partial charge in [-0.2, -0.15) is 0 Å². The fraction of sp³-hybridized carbons (Fsp3) is 0.130. The van der Waals surface area contributed by atoms with Gasteiger partial charge in [0.25, 0.3) is 5.56 Å². The second-order valence-corrected chi connectivity index (χ2v) is 9.22. The molecule has 0 aliphatic heterocycles. The molecule has 0 unspecified atom stereocenters. The van der Waals surface area contributed by atoms with E-state index in [1.807, 2.05) is 24.3 Å². The molecule has 3 aromatic carbocycles. The Bertz CT molecular complexity index is 1520. The number of benzene rings is 3. The molecule has 0 spiro atoms. The maximum atomic E-state index is 13.5. The second-order valence-electron chi connectivity index (χ2n) is 7.47. The number of anilines is 1. The standard InChI is InChI=1S/C23H22N4O4S/c1-32(30,31)25-18-5-4-6-19(13-18)27-22(28)20-7-2-3-8-21(20)26(23(27)29)15-17-11-9-16(14-24)10-12-17/h2-13,25H,14-15,24H2,1H3. The molecular formula is C23H22N4O4S. The van der Waals surface area contributed by atoms with Crippen molar-refractivity contribution in [2.45, 2.75) is 13.1 Å². The molecule has 1 aromatic heterocycles. The van der Waals surface area contributed by atoms with Crippen LogP contribution in [0, 0.1) is 0 Å². The molecule has 4 rings (SSSR count). The van der Waals surface area contributed by atoms with Gasteiger partial charge in [-0.05, 0) is 41.5 Å². The zero-order valence-electron chi connectivity index (χ0n) is 17.4. The fourth-order valence-electron chi connectivity index (χ4n) is 3.59. The number of sulfonamides is 1.